The van der Waals surface area contributed by atoms with Gasteiger partial charge in [0.25, 0.3) is 0 Å². The van der Waals surface area contributed by atoms with Gasteiger partial charge in [-0.3, -0.25) is 4.99 Å². The van der Waals surface area contributed by atoms with Crippen LogP contribution >= 0.6 is 0 Å². The smallest absolute Gasteiger partial charge is 0.0755 e. The first kappa shape index (κ1) is 12.9. The second-order valence-electron chi connectivity index (χ2n) is 5.52. The van der Waals surface area contributed by atoms with E-state index in [1.807, 2.05) is 6.21 Å². The number of benzene rings is 2. The predicted molar refractivity (Wildman–Crippen MR) is 85.9 cm³/mol. The summed E-state index contributed by atoms with van der Waals surface area (Å²) in [6.07, 6.45) is 4.29. The van der Waals surface area contributed by atoms with E-state index < -0.39 is 0 Å². The van der Waals surface area contributed by atoms with Gasteiger partial charge in [0.15, 0.2) is 0 Å². The summed E-state index contributed by atoms with van der Waals surface area (Å²) >= 11 is 0. The lowest BCUT2D eigenvalue weighted by molar-refractivity contribution is 0.719. The summed E-state index contributed by atoms with van der Waals surface area (Å²) in [6, 6.07) is 17.5. The highest BCUT2D eigenvalue weighted by molar-refractivity contribution is 5.80. The Morgan fingerprint density at radius 1 is 1.05 bits per heavy atom. The highest BCUT2D eigenvalue weighted by Crippen LogP contribution is 2.33. The van der Waals surface area contributed by atoms with Gasteiger partial charge in [-0.2, -0.15) is 0 Å². The van der Waals surface area contributed by atoms with Crippen LogP contribution in [-0.4, -0.2) is 20.3 Å². The minimum atomic E-state index is 0.333. The van der Waals surface area contributed by atoms with Gasteiger partial charge < -0.3 is 4.90 Å². The summed E-state index contributed by atoms with van der Waals surface area (Å²) in [6.45, 7) is 0. The van der Waals surface area contributed by atoms with Crippen molar-refractivity contribution in [1.29, 1.82) is 0 Å². The number of rotatable bonds is 3. The number of anilines is 1. The maximum atomic E-state index is 4.77. The fourth-order valence-corrected chi connectivity index (χ4v) is 2.72. The van der Waals surface area contributed by atoms with Gasteiger partial charge >= 0.3 is 0 Å². The van der Waals surface area contributed by atoms with Crippen molar-refractivity contribution in [2.45, 2.75) is 18.9 Å². The number of aliphatic imine (C=N–C) groups is 1. The Labute approximate surface area is 120 Å². The zero-order chi connectivity index (χ0) is 13.9. The van der Waals surface area contributed by atoms with E-state index in [0.717, 1.165) is 12.8 Å². The Hall–Kier alpha value is -2.09. The van der Waals surface area contributed by atoms with Crippen LogP contribution in [0.1, 0.15) is 29.2 Å². The molecule has 0 amide bonds. The van der Waals surface area contributed by atoms with Crippen LogP contribution in [0.25, 0.3) is 0 Å². The number of hydrogen-bond acceptors (Lipinski definition) is 2. The Morgan fingerprint density at radius 3 is 2.55 bits per heavy atom. The first-order chi connectivity index (χ1) is 9.74. The van der Waals surface area contributed by atoms with E-state index in [1.54, 1.807) is 0 Å². The molecule has 0 bridgehead atoms. The summed E-state index contributed by atoms with van der Waals surface area (Å²) in [5.74, 6) is 0. The summed E-state index contributed by atoms with van der Waals surface area (Å²) in [7, 11) is 4.11. The van der Waals surface area contributed by atoms with Gasteiger partial charge in [0.05, 0.1) is 6.04 Å². The van der Waals surface area contributed by atoms with Gasteiger partial charge in [-0.05, 0) is 41.7 Å². The number of aryl methyl sites for hydroxylation is 1. The van der Waals surface area contributed by atoms with Gasteiger partial charge in [-0.1, -0.05) is 36.4 Å². The van der Waals surface area contributed by atoms with Crippen LogP contribution in [0.3, 0.4) is 0 Å². The average molecular weight is 264 g/mol. The van der Waals surface area contributed by atoms with Crippen molar-refractivity contribution in [2.24, 2.45) is 4.99 Å². The lowest BCUT2D eigenvalue weighted by atomic mass is 10.1. The molecular formula is C18H20N2. The molecule has 0 aromatic heterocycles. The van der Waals surface area contributed by atoms with Gasteiger partial charge in [0.2, 0.25) is 0 Å². The molecule has 3 rings (SSSR count). The molecule has 0 radical (unpaired) electrons. The topological polar surface area (TPSA) is 15.6 Å². The molecule has 2 aromatic rings. The number of hydrogen-bond donors (Lipinski definition) is 0. The minimum absolute atomic E-state index is 0.333. The Balaban J connectivity index is 1.75. The van der Waals surface area contributed by atoms with Crippen LogP contribution in [0.15, 0.2) is 53.5 Å². The largest absolute Gasteiger partial charge is 0.378 e. The third kappa shape index (κ3) is 2.60. The second kappa shape index (κ2) is 5.49. The molecule has 102 valence electrons. The summed E-state index contributed by atoms with van der Waals surface area (Å²) in [4.78, 5) is 6.88. The zero-order valence-corrected chi connectivity index (χ0v) is 12.1. The number of nitrogens with zero attached hydrogens (tertiary/aromatic N) is 2. The Morgan fingerprint density at radius 2 is 1.80 bits per heavy atom. The van der Waals surface area contributed by atoms with Crippen molar-refractivity contribution in [3.05, 3.63) is 65.2 Å². The highest BCUT2D eigenvalue weighted by Gasteiger charge is 2.20. The molecule has 1 unspecified atom stereocenters. The van der Waals surface area contributed by atoms with Crippen molar-refractivity contribution in [1.82, 2.24) is 0 Å². The molecule has 0 saturated heterocycles. The van der Waals surface area contributed by atoms with Crippen LogP contribution in [-0.2, 0) is 6.42 Å². The maximum absolute atomic E-state index is 4.77. The first-order valence-corrected chi connectivity index (χ1v) is 7.12. The van der Waals surface area contributed by atoms with E-state index in [9.17, 15) is 0 Å². The van der Waals surface area contributed by atoms with Gasteiger partial charge in [0.1, 0.15) is 0 Å². The molecule has 0 aliphatic heterocycles. The van der Waals surface area contributed by atoms with Crippen LogP contribution in [0.4, 0.5) is 5.69 Å². The molecule has 0 saturated carbocycles. The van der Waals surface area contributed by atoms with E-state index in [4.69, 9.17) is 4.99 Å². The minimum Gasteiger partial charge on any atom is -0.378 e. The van der Waals surface area contributed by atoms with E-state index >= 15 is 0 Å². The summed E-state index contributed by atoms with van der Waals surface area (Å²) in [5.41, 5.74) is 5.24. The fourth-order valence-electron chi connectivity index (χ4n) is 2.72. The average Bonchev–Trinajstić information content (AvgIpc) is 2.89. The lowest BCUT2D eigenvalue weighted by Gasteiger charge is -2.11. The van der Waals surface area contributed by atoms with Crippen molar-refractivity contribution < 1.29 is 0 Å². The van der Waals surface area contributed by atoms with Crippen LogP contribution in [0.2, 0.25) is 0 Å². The van der Waals surface area contributed by atoms with Crippen LogP contribution < -0.4 is 4.90 Å². The fraction of sp³-hybridized carbons (Fsp3) is 0.278. The summed E-state index contributed by atoms with van der Waals surface area (Å²) < 4.78 is 0. The lowest BCUT2D eigenvalue weighted by Crippen LogP contribution is -2.08. The highest BCUT2D eigenvalue weighted by atomic mass is 15.1. The molecular weight excluding hydrogens is 244 g/mol. The Kier molecular flexibility index (Phi) is 3.55. The molecule has 2 nitrogen and oxygen atoms in total. The Bertz CT molecular complexity index is 612. The predicted octanol–water partition coefficient (Wildman–Crippen LogP) is 3.86. The maximum Gasteiger partial charge on any atom is 0.0755 e. The van der Waals surface area contributed by atoms with Crippen molar-refractivity contribution >= 4 is 11.9 Å². The van der Waals surface area contributed by atoms with Crippen molar-refractivity contribution in [3.63, 3.8) is 0 Å². The molecule has 0 fully saturated rings. The SMILES string of the molecule is CN(C)c1ccc(C=NC2CCc3ccccc32)cc1. The van der Waals surface area contributed by atoms with Crippen molar-refractivity contribution in [2.75, 3.05) is 19.0 Å². The third-order valence-electron chi connectivity index (χ3n) is 3.91. The van der Waals surface area contributed by atoms with E-state index in [1.165, 1.54) is 22.4 Å². The normalized spacial score (nSPS) is 17.4. The van der Waals surface area contributed by atoms with Gasteiger partial charge in [-0.25, -0.2) is 0 Å². The molecule has 0 heterocycles. The third-order valence-corrected chi connectivity index (χ3v) is 3.91. The van der Waals surface area contributed by atoms with Crippen LogP contribution in [0.5, 0.6) is 0 Å². The summed E-state index contributed by atoms with van der Waals surface area (Å²) in [5, 5.41) is 0. The molecule has 1 aliphatic carbocycles. The molecule has 0 N–H and O–H groups in total. The van der Waals surface area contributed by atoms with Gasteiger partial charge in [-0.15, -0.1) is 0 Å². The molecule has 2 heteroatoms. The van der Waals surface area contributed by atoms with E-state index in [0.29, 0.717) is 6.04 Å². The molecule has 20 heavy (non-hydrogen) atoms. The standard InChI is InChI=1S/C18H20N2/c1-20(2)16-10-7-14(8-11-16)13-19-18-12-9-15-5-3-4-6-17(15)18/h3-8,10-11,13,18H,9,12H2,1-2H3. The second-order valence-corrected chi connectivity index (χ2v) is 5.52. The van der Waals surface area contributed by atoms with Crippen LogP contribution in [0, 0.1) is 0 Å². The molecule has 1 aliphatic rings. The van der Waals surface area contributed by atoms with Gasteiger partial charge in [0, 0.05) is 26.0 Å². The molecule has 1 atom stereocenters. The number of fused-ring (bicyclic) bond motifs is 1. The van der Waals surface area contributed by atoms with E-state index in [2.05, 4.69) is 67.5 Å². The molecule has 0 spiro atoms. The zero-order valence-electron chi connectivity index (χ0n) is 12.1. The molecule has 2 aromatic carbocycles. The monoisotopic (exact) mass is 264 g/mol. The van der Waals surface area contributed by atoms with Crippen molar-refractivity contribution in [3.8, 4) is 0 Å². The van der Waals surface area contributed by atoms with E-state index in [-0.39, 0.29) is 0 Å². The first-order valence-electron chi connectivity index (χ1n) is 7.12. The quantitative estimate of drug-likeness (QED) is 0.769.